The van der Waals surface area contributed by atoms with E-state index in [-0.39, 0.29) is 0 Å². The molecule has 0 saturated heterocycles. The van der Waals surface area contributed by atoms with Crippen LogP contribution in [0.1, 0.15) is 35.1 Å². The Morgan fingerprint density at radius 2 is 2.19 bits per heavy atom. The number of nitrogens with one attached hydrogen (secondary N) is 1. The van der Waals surface area contributed by atoms with Crippen molar-refractivity contribution in [3.63, 3.8) is 0 Å². The van der Waals surface area contributed by atoms with Gasteiger partial charge >= 0.3 is 0 Å². The SMILES string of the molecule is CCCC(COC)NCc1cc(C)sc1C. The number of thiophene rings is 1. The lowest BCUT2D eigenvalue weighted by atomic mass is 10.1. The molecule has 1 aromatic heterocycles. The van der Waals surface area contributed by atoms with Crippen molar-refractivity contribution in [2.75, 3.05) is 13.7 Å². The summed E-state index contributed by atoms with van der Waals surface area (Å²) >= 11 is 1.88. The van der Waals surface area contributed by atoms with E-state index in [2.05, 4.69) is 32.2 Å². The third kappa shape index (κ3) is 4.24. The zero-order chi connectivity index (χ0) is 12.0. The van der Waals surface area contributed by atoms with Crippen LogP contribution in [0.25, 0.3) is 0 Å². The fraction of sp³-hybridized carbons (Fsp3) is 0.692. The van der Waals surface area contributed by atoms with Crippen LogP contribution >= 0.6 is 11.3 Å². The molecule has 0 saturated carbocycles. The Hall–Kier alpha value is -0.380. The van der Waals surface area contributed by atoms with Crippen molar-refractivity contribution in [3.8, 4) is 0 Å². The van der Waals surface area contributed by atoms with Gasteiger partial charge in [-0.2, -0.15) is 0 Å². The lowest BCUT2D eigenvalue weighted by Gasteiger charge is -2.16. The van der Waals surface area contributed by atoms with Gasteiger partial charge in [0.1, 0.15) is 0 Å². The average Bonchev–Trinajstić information content (AvgIpc) is 2.54. The van der Waals surface area contributed by atoms with Crippen LogP contribution in [0.3, 0.4) is 0 Å². The van der Waals surface area contributed by atoms with Gasteiger partial charge < -0.3 is 10.1 Å². The van der Waals surface area contributed by atoms with Crippen molar-refractivity contribution < 1.29 is 4.74 Å². The van der Waals surface area contributed by atoms with Crippen molar-refractivity contribution in [3.05, 3.63) is 21.4 Å². The van der Waals surface area contributed by atoms with E-state index >= 15 is 0 Å². The molecule has 2 nitrogen and oxygen atoms in total. The molecule has 1 unspecified atom stereocenters. The van der Waals surface area contributed by atoms with Gasteiger partial charge in [0.2, 0.25) is 0 Å². The molecule has 92 valence electrons. The van der Waals surface area contributed by atoms with Crippen molar-refractivity contribution in [2.24, 2.45) is 0 Å². The van der Waals surface area contributed by atoms with E-state index in [4.69, 9.17) is 4.74 Å². The van der Waals surface area contributed by atoms with Gasteiger partial charge in [0.05, 0.1) is 6.61 Å². The van der Waals surface area contributed by atoms with Crippen molar-refractivity contribution in [2.45, 2.75) is 46.2 Å². The van der Waals surface area contributed by atoms with Gasteiger partial charge in [-0.1, -0.05) is 13.3 Å². The summed E-state index contributed by atoms with van der Waals surface area (Å²) in [6.45, 7) is 8.34. The van der Waals surface area contributed by atoms with Crippen LogP contribution in [0.2, 0.25) is 0 Å². The lowest BCUT2D eigenvalue weighted by molar-refractivity contribution is 0.161. The van der Waals surface area contributed by atoms with E-state index in [1.54, 1.807) is 7.11 Å². The fourth-order valence-corrected chi connectivity index (χ4v) is 2.85. The lowest BCUT2D eigenvalue weighted by Crippen LogP contribution is -2.32. The maximum atomic E-state index is 5.22. The number of methoxy groups -OCH3 is 1. The van der Waals surface area contributed by atoms with Gasteiger partial charge in [-0.05, 0) is 31.9 Å². The molecule has 0 bridgehead atoms. The van der Waals surface area contributed by atoms with E-state index in [1.807, 2.05) is 11.3 Å². The molecule has 0 aliphatic carbocycles. The van der Waals surface area contributed by atoms with Crippen LogP contribution in [-0.4, -0.2) is 19.8 Å². The van der Waals surface area contributed by atoms with Crippen molar-refractivity contribution >= 4 is 11.3 Å². The van der Waals surface area contributed by atoms with Gasteiger partial charge in [-0.15, -0.1) is 11.3 Å². The van der Waals surface area contributed by atoms with E-state index < -0.39 is 0 Å². The highest BCUT2D eigenvalue weighted by Gasteiger charge is 2.08. The normalized spacial score (nSPS) is 13.0. The second-order valence-electron chi connectivity index (χ2n) is 4.26. The van der Waals surface area contributed by atoms with E-state index in [0.717, 1.165) is 13.2 Å². The minimum atomic E-state index is 0.481. The second kappa shape index (κ2) is 7.05. The summed E-state index contributed by atoms with van der Waals surface area (Å²) in [6, 6.07) is 2.76. The molecular weight excluding hydrogens is 218 g/mol. The van der Waals surface area contributed by atoms with Crippen LogP contribution in [0.5, 0.6) is 0 Å². The zero-order valence-electron chi connectivity index (χ0n) is 10.8. The first kappa shape index (κ1) is 13.7. The van der Waals surface area contributed by atoms with Crippen LogP contribution in [-0.2, 0) is 11.3 Å². The summed E-state index contributed by atoms with van der Waals surface area (Å²) in [5.74, 6) is 0. The zero-order valence-corrected chi connectivity index (χ0v) is 11.6. The van der Waals surface area contributed by atoms with Gasteiger partial charge in [0.15, 0.2) is 0 Å². The standard InChI is InChI=1S/C13H23NOS/c1-5-6-13(9-15-4)14-8-12-7-10(2)16-11(12)3/h7,13-14H,5-6,8-9H2,1-4H3. The molecule has 1 heterocycles. The molecule has 0 fully saturated rings. The minimum Gasteiger partial charge on any atom is -0.383 e. The second-order valence-corrected chi connectivity index (χ2v) is 5.72. The molecule has 0 aromatic carbocycles. The van der Waals surface area contributed by atoms with Gasteiger partial charge in [0, 0.05) is 29.5 Å². The molecule has 0 aliphatic rings. The molecule has 16 heavy (non-hydrogen) atoms. The maximum Gasteiger partial charge on any atom is 0.0615 e. The molecule has 0 amide bonds. The number of ether oxygens (including phenoxy) is 1. The van der Waals surface area contributed by atoms with Crippen LogP contribution in [0.4, 0.5) is 0 Å². The van der Waals surface area contributed by atoms with Crippen LogP contribution in [0.15, 0.2) is 6.07 Å². The molecule has 1 N–H and O–H groups in total. The largest absolute Gasteiger partial charge is 0.383 e. The summed E-state index contributed by atoms with van der Waals surface area (Å²) in [5.41, 5.74) is 1.43. The Balaban J connectivity index is 2.44. The van der Waals surface area contributed by atoms with E-state index in [1.165, 1.54) is 28.2 Å². The number of aryl methyl sites for hydroxylation is 2. The molecule has 1 rings (SSSR count). The maximum absolute atomic E-state index is 5.22. The topological polar surface area (TPSA) is 21.3 Å². The average molecular weight is 241 g/mol. The highest BCUT2D eigenvalue weighted by atomic mass is 32.1. The van der Waals surface area contributed by atoms with Gasteiger partial charge in [-0.3, -0.25) is 0 Å². The van der Waals surface area contributed by atoms with Crippen LogP contribution in [0, 0.1) is 13.8 Å². The molecule has 1 atom stereocenters. The number of hydrogen-bond acceptors (Lipinski definition) is 3. The highest BCUT2D eigenvalue weighted by Crippen LogP contribution is 2.20. The third-order valence-electron chi connectivity index (χ3n) is 2.73. The molecular formula is C13H23NOS. The first-order chi connectivity index (χ1) is 7.67. The smallest absolute Gasteiger partial charge is 0.0615 e. The Morgan fingerprint density at radius 1 is 1.44 bits per heavy atom. The van der Waals surface area contributed by atoms with Gasteiger partial charge in [-0.25, -0.2) is 0 Å². The molecule has 0 spiro atoms. The molecule has 1 aromatic rings. The van der Waals surface area contributed by atoms with E-state index in [0.29, 0.717) is 6.04 Å². The summed E-state index contributed by atoms with van der Waals surface area (Å²) in [4.78, 5) is 2.82. The third-order valence-corrected chi connectivity index (χ3v) is 3.74. The van der Waals surface area contributed by atoms with Gasteiger partial charge in [0.25, 0.3) is 0 Å². The summed E-state index contributed by atoms with van der Waals surface area (Å²) in [5, 5.41) is 3.57. The Labute approximate surface area is 103 Å². The summed E-state index contributed by atoms with van der Waals surface area (Å²) < 4.78 is 5.22. The summed E-state index contributed by atoms with van der Waals surface area (Å²) in [7, 11) is 1.77. The first-order valence-corrected chi connectivity index (χ1v) is 6.77. The minimum absolute atomic E-state index is 0.481. The van der Waals surface area contributed by atoms with Crippen molar-refractivity contribution in [1.82, 2.24) is 5.32 Å². The summed E-state index contributed by atoms with van der Waals surface area (Å²) in [6.07, 6.45) is 2.37. The van der Waals surface area contributed by atoms with Crippen molar-refractivity contribution in [1.29, 1.82) is 0 Å². The monoisotopic (exact) mass is 241 g/mol. The first-order valence-electron chi connectivity index (χ1n) is 5.95. The molecule has 0 aliphatic heterocycles. The fourth-order valence-electron chi connectivity index (χ4n) is 1.91. The number of rotatable bonds is 7. The highest BCUT2D eigenvalue weighted by molar-refractivity contribution is 7.12. The Bertz CT molecular complexity index is 303. The molecule has 0 radical (unpaired) electrons. The van der Waals surface area contributed by atoms with E-state index in [9.17, 15) is 0 Å². The number of hydrogen-bond donors (Lipinski definition) is 1. The van der Waals surface area contributed by atoms with Crippen LogP contribution < -0.4 is 5.32 Å². The Morgan fingerprint density at radius 3 is 2.69 bits per heavy atom. The Kier molecular flexibility index (Phi) is 6.03. The predicted octanol–water partition coefficient (Wildman–Crippen LogP) is 3.27. The predicted molar refractivity (Wildman–Crippen MR) is 71.2 cm³/mol. The quantitative estimate of drug-likeness (QED) is 0.791. The molecule has 3 heteroatoms.